The topological polar surface area (TPSA) is 122 Å². The molecular weight excluding hydrogens is 468 g/mol. The van der Waals surface area contributed by atoms with Crippen LogP contribution in [0.3, 0.4) is 0 Å². The van der Waals surface area contributed by atoms with Gasteiger partial charge in [-0.05, 0) is 44.0 Å². The minimum absolute atomic E-state index is 0.126. The molecule has 1 aromatic carbocycles. The van der Waals surface area contributed by atoms with Gasteiger partial charge in [0.1, 0.15) is 5.66 Å². The van der Waals surface area contributed by atoms with Crippen LogP contribution in [0.2, 0.25) is 5.02 Å². The predicted octanol–water partition coefficient (Wildman–Crippen LogP) is 3.32. The lowest BCUT2D eigenvalue weighted by molar-refractivity contribution is 0.0951. The first-order valence-corrected chi connectivity index (χ1v) is 11.6. The second kappa shape index (κ2) is 8.02. The number of anilines is 2. The zero-order valence-electron chi connectivity index (χ0n) is 19.1. The predicted molar refractivity (Wildman–Crippen MR) is 131 cm³/mol. The van der Waals surface area contributed by atoms with Crippen molar-refractivity contribution < 1.29 is 9.21 Å². The number of nitrogens with zero attached hydrogens (tertiary/aromatic N) is 4. The van der Waals surface area contributed by atoms with Crippen LogP contribution in [0, 0.1) is 0 Å². The summed E-state index contributed by atoms with van der Waals surface area (Å²) in [4.78, 5) is 12.3. The van der Waals surface area contributed by atoms with Crippen LogP contribution in [0.25, 0.3) is 11.1 Å². The molecule has 0 spiro atoms. The molecule has 35 heavy (non-hydrogen) atoms. The highest BCUT2D eigenvalue weighted by Gasteiger charge is 2.39. The number of aromatic nitrogens is 4. The number of carbonyl (C=O) groups is 1. The first-order chi connectivity index (χ1) is 16.9. The van der Waals surface area contributed by atoms with Crippen molar-refractivity contribution in [1.29, 1.82) is 0 Å². The average molecular weight is 491 g/mol. The van der Waals surface area contributed by atoms with Gasteiger partial charge in [0.15, 0.2) is 0 Å². The van der Waals surface area contributed by atoms with Crippen molar-refractivity contribution in [3.63, 3.8) is 0 Å². The highest BCUT2D eigenvalue weighted by Crippen LogP contribution is 2.39. The van der Waals surface area contributed by atoms with E-state index in [1.165, 1.54) is 0 Å². The van der Waals surface area contributed by atoms with Gasteiger partial charge in [-0.25, -0.2) is 0 Å². The molecule has 4 heterocycles. The van der Waals surface area contributed by atoms with E-state index in [1.54, 1.807) is 22.9 Å². The van der Waals surface area contributed by atoms with Crippen molar-refractivity contribution in [2.45, 2.75) is 31.5 Å². The third-order valence-electron chi connectivity index (χ3n) is 6.23. The van der Waals surface area contributed by atoms with Crippen LogP contribution in [-0.4, -0.2) is 37.6 Å². The average Bonchev–Trinajstić information content (AvgIpc) is 3.20. The summed E-state index contributed by atoms with van der Waals surface area (Å²) in [6.45, 7) is 2.04. The van der Waals surface area contributed by atoms with Gasteiger partial charge in [0.2, 0.25) is 0 Å². The summed E-state index contributed by atoms with van der Waals surface area (Å²) in [7, 11) is 1.88. The lowest BCUT2D eigenvalue weighted by Gasteiger charge is -2.32. The van der Waals surface area contributed by atoms with E-state index in [9.17, 15) is 4.79 Å². The van der Waals surface area contributed by atoms with E-state index in [1.807, 2.05) is 38.8 Å². The van der Waals surface area contributed by atoms with E-state index in [-0.39, 0.29) is 18.0 Å². The Morgan fingerprint density at radius 2 is 2.09 bits per heavy atom. The second-order valence-corrected chi connectivity index (χ2v) is 9.42. The molecule has 3 aliphatic rings. The number of dihydropyridines is 1. The monoisotopic (exact) mass is 490 g/mol. The summed E-state index contributed by atoms with van der Waals surface area (Å²) in [6.07, 6.45) is 11.7. The van der Waals surface area contributed by atoms with Crippen LogP contribution in [0.4, 0.5) is 11.7 Å². The molecule has 0 radical (unpaired) electrons. The summed E-state index contributed by atoms with van der Waals surface area (Å²) in [5.74, 6) is 0.236. The molecule has 11 heteroatoms. The van der Waals surface area contributed by atoms with Crippen LogP contribution in [0.15, 0.2) is 59.1 Å². The van der Waals surface area contributed by atoms with Crippen molar-refractivity contribution >= 4 is 40.4 Å². The summed E-state index contributed by atoms with van der Waals surface area (Å²) in [5, 5.41) is 25.8. The van der Waals surface area contributed by atoms with Crippen LogP contribution in [0.5, 0.6) is 0 Å². The lowest BCUT2D eigenvalue weighted by atomic mass is 9.91. The Morgan fingerprint density at radius 3 is 2.83 bits per heavy atom. The molecule has 2 aliphatic heterocycles. The SMILES string of the molecule is Cn1cc(C2=CNC3(C)NC=C(c4nnc(Nc5ccc(C(=O)NC6CC6)cc5Cl)o4)C3=C2)cn1. The highest BCUT2D eigenvalue weighted by molar-refractivity contribution is 6.33. The van der Waals surface area contributed by atoms with Gasteiger partial charge in [0.05, 0.1) is 22.5 Å². The highest BCUT2D eigenvalue weighted by atomic mass is 35.5. The number of benzene rings is 1. The van der Waals surface area contributed by atoms with Crippen molar-refractivity contribution in [2.24, 2.45) is 7.05 Å². The van der Waals surface area contributed by atoms with Crippen LogP contribution in [-0.2, 0) is 7.05 Å². The number of rotatable bonds is 6. The minimum atomic E-state index is -0.497. The van der Waals surface area contributed by atoms with Gasteiger partial charge in [-0.2, -0.15) is 5.10 Å². The Labute approximate surface area is 206 Å². The Morgan fingerprint density at radius 1 is 1.26 bits per heavy atom. The molecule has 1 amide bonds. The fourth-order valence-electron chi connectivity index (χ4n) is 4.07. The Bertz CT molecular complexity index is 1430. The third kappa shape index (κ3) is 4.06. The largest absolute Gasteiger partial charge is 0.403 e. The molecule has 1 aliphatic carbocycles. The number of hydrogen-bond acceptors (Lipinski definition) is 8. The van der Waals surface area contributed by atoms with E-state index in [4.69, 9.17) is 16.0 Å². The molecule has 1 saturated carbocycles. The van der Waals surface area contributed by atoms with E-state index in [0.717, 1.165) is 35.1 Å². The number of halogens is 1. The fraction of sp³-hybridized carbons (Fsp3) is 0.250. The molecule has 1 fully saturated rings. The number of hydrogen-bond donors (Lipinski definition) is 4. The van der Waals surface area contributed by atoms with Gasteiger partial charge in [0.25, 0.3) is 11.8 Å². The first kappa shape index (κ1) is 21.5. The number of amides is 1. The molecule has 10 nitrogen and oxygen atoms in total. The van der Waals surface area contributed by atoms with Crippen LogP contribution >= 0.6 is 11.6 Å². The third-order valence-corrected chi connectivity index (χ3v) is 6.54. The molecule has 6 rings (SSSR count). The smallest absolute Gasteiger partial charge is 0.320 e. The van der Waals surface area contributed by atoms with E-state index in [2.05, 4.69) is 42.6 Å². The van der Waals surface area contributed by atoms with Gasteiger partial charge in [-0.1, -0.05) is 16.7 Å². The van der Waals surface area contributed by atoms with E-state index in [0.29, 0.717) is 22.2 Å². The number of allylic oxidation sites excluding steroid dienone is 2. The number of carbonyl (C=O) groups excluding carboxylic acids is 1. The summed E-state index contributed by atoms with van der Waals surface area (Å²) in [5.41, 5.74) is 4.32. The van der Waals surface area contributed by atoms with Crippen molar-refractivity contribution in [3.8, 4) is 0 Å². The summed E-state index contributed by atoms with van der Waals surface area (Å²) < 4.78 is 7.68. The van der Waals surface area contributed by atoms with Crippen molar-refractivity contribution in [1.82, 2.24) is 35.9 Å². The van der Waals surface area contributed by atoms with Gasteiger partial charge in [-0.3, -0.25) is 9.48 Å². The second-order valence-electron chi connectivity index (χ2n) is 9.01. The normalized spacial score (nSPS) is 20.7. The van der Waals surface area contributed by atoms with Crippen LogP contribution in [0.1, 0.15) is 41.6 Å². The van der Waals surface area contributed by atoms with Crippen molar-refractivity contribution in [2.75, 3.05) is 5.32 Å². The Kier molecular flexibility index (Phi) is 4.92. The molecule has 1 atom stereocenters. The Balaban J connectivity index is 1.21. The summed E-state index contributed by atoms with van der Waals surface area (Å²) in [6, 6.07) is 5.53. The zero-order valence-corrected chi connectivity index (χ0v) is 19.8. The molecule has 2 aromatic heterocycles. The van der Waals surface area contributed by atoms with E-state index >= 15 is 0 Å². The molecule has 178 valence electrons. The molecule has 3 aromatic rings. The first-order valence-electron chi connectivity index (χ1n) is 11.3. The maximum Gasteiger partial charge on any atom is 0.320 e. The van der Waals surface area contributed by atoms with Gasteiger partial charge < -0.3 is 25.7 Å². The molecule has 0 bridgehead atoms. The maximum absolute atomic E-state index is 12.3. The molecule has 0 saturated heterocycles. The zero-order chi connectivity index (χ0) is 24.2. The minimum Gasteiger partial charge on any atom is -0.403 e. The van der Waals surface area contributed by atoms with Crippen molar-refractivity contribution in [3.05, 3.63) is 76.7 Å². The standard InChI is InChI=1S/C24H23ClN8O2/c1-24-18(7-14(9-26-24)15-10-28-33(2)12-15)17(11-27-24)22-31-32-23(35-22)30-20-6-3-13(8-19(20)25)21(34)29-16-4-5-16/h3,6-12,16,26-27H,4-5H2,1-2H3,(H,29,34)(H,30,32). The molecular formula is C24H23ClN8O2. The molecule has 1 unspecified atom stereocenters. The quantitative estimate of drug-likeness (QED) is 0.415. The van der Waals surface area contributed by atoms with Gasteiger partial charge in [-0.15, -0.1) is 5.10 Å². The maximum atomic E-state index is 12.3. The van der Waals surface area contributed by atoms with E-state index < -0.39 is 5.66 Å². The number of aryl methyl sites for hydroxylation is 1. The molecule has 4 N–H and O–H groups in total. The number of fused-ring (bicyclic) bond motifs is 1. The lowest BCUT2D eigenvalue weighted by Crippen LogP contribution is -2.50. The summed E-state index contributed by atoms with van der Waals surface area (Å²) >= 11 is 6.41. The van der Waals surface area contributed by atoms with Crippen LogP contribution < -0.4 is 21.3 Å². The Hall–Kier alpha value is -4.05. The number of nitrogens with one attached hydrogen (secondary N) is 4. The van der Waals surface area contributed by atoms with Gasteiger partial charge in [0, 0.05) is 54.0 Å². The fourth-order valence-corrected chi connectivity index (χ4v) is 4.30. The van der Waals surface area contributed by atoms with Gasteiger partial charge >= 0.3 is 6.01 Å².